The van der Waals surface area contributed by atoms with E-state index in [0.29, 0.717) is 28.8 Å². The first-order valence-electron chi connectivity index (χ1n) is 9.56. The average molecular weight is 452 g/mol. The fraction of sp³-hybridized carbons (Fsp3) is 0.174. The van der Waals surface area contributed by atoms with Crippen LogP contribution in [0.1, 0.15) is 27.2 Å². The highest BCUT2D eigenvalue weighted by molar-refractivity contribution is 7.14. The molecule has 0 aliphatic carbocycles. The minimum atomic E-state index is -0.259. The van der Waals surface area contributed by atoms with Gasteiger partial charge in [0, 0.05) is 21.9 Å². The molecule has 0 radical (unpaired) electrons. The smallest absolute Gasteiger partial charge is 0.257 e. The molecule has 0 unspecified atom stereocenters. The zero-order chi connectivity index (χ0) is 21.8. The van der Waals surface area contributed by atoms with Crippen molar-refractivity contribution in [2.45, 2.75) is 20.5 Å². The lowest BCUT2D eigenvalue weighted by molar-refractivity contribution is 0.102. The van der Waals surface area contributed by atoms with Crippen LogP contribution in [0.3, 0.4) is 0 Å². The molecule has 0 saturated heterocycles. The molecule has 0 atom stereocenters. The van der Waals surface area contributed by atoms with Crippen molar-refractivity contribution in [3.8, 4) is 22.8 Å². The summed E-state index contributed by atoms with van der Waals surface area (Å²) in [5.41, 5.74) is 7.38. The molecule has 0 aliphatic rings. The van der Waals surface area contributed by atoms with E-state index in [1.165, 1.54) is 33.8 Å². The van der Waals surface area contributed by atoms with Gasteiger partial charge in [0.05, 0.1) is 24.0 Å². The fourth-order valence-electron chi connectivity index (χ4n) is 2.92. The van der Waals surface area contributed by atoms with Gasteiger partial charge in [-0.25, -0.2) is 9.97 Å². The molecule has 158 valence electrons. The number of hydrogen-bond acceptors (Lipinski definition) is 7. The number of nitrogens with one attached hydrogen (secondary N) is 1. The lowest BCUT2D eigenvalue weighted by atomic mass is 10.1. The van der Waals surface area contributed by atoms with E-state index in [2.05, 4.69) is 41.3 Å². The Morgan fingerprint density at radius 3 is 2.68 bits per heavy atom. The summed E-state index contributed by atoms with van der Waals surface area (Å²) in [5, 5.41) is 7.27. The standard InChI is InChI=1S/C23H21N3O3S2/c1-14-4-5-16(8-15(14)2)19-12-31-23(25-19)26-22(27)17-6-7-20(21(9-17)28-3)29-10-18-11-30-13-24-18/h4-9,11-13H,10H2,1-3H3,(H,25,26,27). The molecule has 0 spiro atoms. The van der Waals surface area contributed by atoms with Gasteiger partial charge in [-0.3, -0.25) is 10.1 Å². The van der Waals surface area contributed by atoms with Gasteiger partial charge in [0.2, 0.25) is 0 Å². The Kier molecular flexibility index (Phi) is 6.29. The van der Waals surface area contributed by atoms with Gasteiger partial charge in [0.25, 0.3) is 5.91 Å². The number of aryl methyl sites for hydroxylation is 2. The summed E-state index contributed by atoms with van der Waals surface area (Å²) in [5.74, 6) is 0.779. The molecule has 0 aliphatic heterocycles. The average Bonchev–Trinajstić information content (AvgIpc) is 3.46. The topological polar surface area (TPSA) is 73.3 Å². The number of carbonyl (C=O) groups is 1. The Balaban J connectivity index is 1.45. The van der Waals surface area contributed by atoms with E-state index < -0.39 is 0 Å². The Morgan fingerprint density at radius 1 is 1.06 bits per heavy atom. The van der Waals surface area contributed by atoms with Gasteiger partial charge in [-0.1, -0.05) is 12.1 Å². The third-order valence-electron chi connectivity index (χ3n) is 4.81. The third-order valence-corrected chi connectivity index (χ3v) is 6.21. The molecular formula is C23H21N3O3S2. The van der Waals surface area contributed by atoms with Gasteiger partial charge in [0.15, 0.2) is 16.6 Å². The molecule has 1 N–H and O–H groups in total. The molecule has 2 aromatic heterocycles. The Labute approximate surface area is 188 Å². The first-order chi connectivity index (χ1) is 15.0. The predicted molar refractivity (Wildman–Crippen MR) is 124 cm³/mol. The Hall–Kier alpha value is -3.23. The lowest BCUT2D eigenvalue weighted by Gasteiger charge is -2.11. The molecule has 0 fully saturated rings. The van der Waals surface area contributed by atoms with Crippen LogP contribution in [0.15, 0.2) is 52.7 Å². The number of amides is 1. The van der Waals surface area contributed by atoms with Crippen molar-refractivity contribution in [3.05, 3.63) is 75.1 Å². The van der Waals surface area contributed by atoms with Crippen LogP contribution < -0.4 is 14.8 Å². The molecule has 2 aromatic carbocycles. The second-order valence-electron chi connectivity index (χ2n) is 6.93. The van der Waals surface area contributed by atoms with E-state index in [1.54, 1.807) is 30.8 Å². The Morgan fingerprint density at radius 2 is 1.94 bits per heavy atom. The number of rotatable bonds is 7. The minimum Gasteiger partial charge on any atom is -0.493 e. The van der Waals surface area contributed by atoms with Crippen LogP contribution >= 0.6 is 22.7 Å². The number of ether oxygens (including phenoxy) is 2. The van der Waals surface area contributed by atoms with Crippen molar-refractivity contribution in [2.24, 2.45) is 0 Å². The maximum absolute atomic E-state index is 12.7. The van der Waals surface area contributed by atoms with E-state index >= 15 is 0 Å². The quantitative estimate of drug-likeness (QED) is 0.389. The maximum Gasteiger partial charge on any atom is 0.257 e. The summed E-state index contributed by atoms with van der Waals surface area (Å²) in [4.78, 5) is 21.5. The minimum absolute atomic E-state index is 0.259. The zero-order valence-electron chi connectivity index (χ0n) is 17.3. The largest absolute Gasteiger partial charge is 0.493 e. The number of benzene rings is 2. The van der Waals surface area contributed by atoms with Gasteiger partial charge in [-0.2, -0.15) is 0 Å². The van der Waals surface area contributed by atoms with E-state index in [-0.39, 0.29) is 5.91 Å². The fourth-order valence-corrected chi connectivity index (χ4v) is 4.18. The highest BCUT2D eigenvalue weighted by atomic mass is 32.1. The van der Waals surface area contributed by atoms with Crippen molar-refractivity contribution >= 4 is 33.7 Å². The molecule has 6 nitrogen and oxygen atoms in total. The van der Waals surface area contributed by atoms with Crippen LogP contribution in [0.5, 0.6) is 11.5 Å². The van der Waals surface area contributed by atoms with E-state index in [4.69, 9.17) is 9.47 Å². The molecule has 4 aromatic rings. The number of aromatic nitrogens is 2. The van der Waals surface area contributed by atoms with Crippen LogP contribution in [-0.2, 0) is 6.61 Å². The number of thiazole rings is 2. The highest BCUT2D eigenvalue weighted by Crippen LogP contribution is 2.30. The normalized spacial score (nSPS) is 10.7. The van der Waals surface area contributed by atoms with Gasteiger partial charge in [-0.05, 0) is 49.2 Å². The molecule has 1 amide bonds. The van der Waals surface area contributed by atoms with Crippen LogP contribution in [0, 0.1) is 13.8 Å². The number of methoxy groups -OCH3 is 1. The molecule has 31 heavy (non-hydrogen) atoms. The summed E-state index contributed by atoms with van der Waals surface area (Å²) < 4.78 is 11.2. The van der Waals surface area contributed by atoms with E-state index in [1.807, 2.05) is 16.8 Å². The molecule has 8 heteroatoms. The van der Waals surface area contributed by atoms with Crippen LogP contribution in [0.4, 0.5) is 5.13 Å². The summed E-state index contributed by atoms with van der Waals surface area (Å²) >= 11 is 2.91. The number of hydrogen-bond donors (Lipinski definition) is 1. The second-order valence-corrected chi connectivity index (χ2v) is 8.50. The van der Waals surface area contributed by atoms with Gasteiger partial charge in [-0.15, -0.1) is 22.7 Å². The van der Waals surface area contributed by atoms with Crippen LogP contribution in [0.2, 0.25) is 0 Å². The number of carbonyl (C=O) groups excluding carboxylic acids is 1. The number of nitrogens with zero attached hydrogens (tertiary/aromatic N) is 2. The van der Waals surface area contributed by atoms with Crippen LogP contribution in [0.25, 0.3) is 11.3 Å². The first-order valence-corrected chi connectivity index (χ1v) is 11.4. The monoisotopic (exact) mass is 451 g/mol. The maximum atomic E-state index is 12.7. The summed E-state index contributed by atoms with van der Waals surface area (Å²) in [6, 6.07) is 11.3. The summed E-state index contributed by atoms with van der Waals surface area (Å²) in [7, 11) is 1.55. The molecule has 0 bridgehead atoms. The number of anilines is 1. The van der Waals surface area contributed by atoms with Crippen molar-refractivity contribution in [3.63, 3.8) is 0 Å². The zero-order valence-corrected chi connectivity index (χ0v) is 19.0. The summed E-state index contributed by atoms with van der Waals surface area (Å²) in [6.45, 7) is 4.49. The predicted octanol–water partition coefficient (Wildman–Crippen LogP) is 5.72. The highest BCUT2D eigenvalue weighted by Gasteiger charge is 2.14. The Bertz CT molecular complexity index is 1200. The van der Waals surface area contributed by atoms with Gasteiger partial charge >= 0.3 is 0 Å². The van der Waals surface area contributed by atoms with Crippen molar-refractivity contribution in [2.75, 3.05) is 12.4 Å². The molecule has 0 saturated carbocycles. The molecular weight excluding hydrogens is 430 g/mol. The first kappa shape index (κ1) is 21.0. The van der Waals surface area contributed by atoms with Gasteiger partial charge < -0.3 is 9.47 Å². The third kappa shape index (κ3) is 4.92. The van der Waals surface area contributed by atoms with E-state index in [9.17, 15) is 4.79 Å². The van der Waals surface area contributed by atoms with Gasteiger partial charge in [0.1, 0.15) is 6.61 Å². The SMILES string of the molecule is COc1cc(C(=O)Nc2nc(-c3ccc(C)c(C)c3)cs2)ccc1OCc1cscn1. The molecule has 4 rings (SSSR count). The van der Waals surface area contributed by atoms with Crippen LogP contribution in [-0.4, -0.2) is 23.0 Å². The lowest BCUT2D eigenvalue weighted by Crippen LogP contribution is -2.12. The van der Waals surface area contributed by atoms with Crippen molar-refractivity contribution in [1.29, 1.82) is 0 Å². The van der Waals surface area contributed by atoms with E-state index in [0.717, 1.165) is 17.0 Å². The summed E-state index contributed by atoms with van der Waals surface area (Å²) in [6.07, 6.45) is 0. The van der Waals surface area contributed by atoms with Crippen molar-refractivity contribution < 1.29 is 14.3 Å². The second kappa shape index (κ2) is 9.28. The van der Waals surface area contributed by atoms with Crippen molar-refractivity contribution in [1.82, 2.24) is 9.97 Å². The molecule has 2 heterocycles.